The van der Waals surface area contributed by atoms with Crippen molar-refractivity contribution in [2.45, 2.75) is 30.4 Å². The average molecular weight is 417 g/mol. The largest absolute Gasteiger partial charge is 0.383 e. The zero-order chi connectivity index (χ0) is 14.5. The summed E-state index contributed by atoms with van der Waals surface area (Å²) in [7, 11) is 0. The molecule has 3 nitrogen and oxygen atoms in total. The van der Waals surface area contributed by atoms with Crippen LogP contribution in [0.3, 0.4) is 0 Å². The number of anilines is 1. The molecule has 0 amide bonds. The minimum absolute atomic E-state index is 0.522. The molecule has 0 saturated carbocycles. The van der Waals surface area contributed by atoms with Gasteiger partial charge in [0.15, 0.2) is 0 Å². The molecule has 0 aliphatic rings. The van der Waals surface area contributed by atoms with Crippen molar-refractivity contribution in [2.75, 3.05) is 5.73 Å². The Bertz CT molecular complexity index is 605. The van der Waals surface area contributed by atoms with Gasteiger partial charge in [-0.15, -0.1) is 11.8 Å². The lowest BCUT2D eigenvalue weighted by Crippen LogP contribution is -2.04. The summed E-state index contributed by atoms with van der Waals surface area (Å²) in [6.07, 6.45) is 1.94. The second-order valence-electron chi connectivity index (χ2n) is 4.28. The number of thioether (sulfide) groups is 1. The average Bonchev–Trinajstić information content (AvgIpc) is 2.42. The smallest absolute Gasteiger partial charge is 0.141 e. The number of hydrogen-bond acceptors (Lipinski definition) is 4. The van der Waals surface area contributed by atoms with Crippen molar-refractivity contribution in [1.82, 2.24) is 9.97 Å². The molecule has 6 heteroatoms. The zero-order valence-electron chi connectivity index (χ0n) is 11.1. The maximum absolute atomic E-state index is 5.93. The van der Waals surface area contributed by atoms with Crippen LogP contribution in [0.4, 0.5) is 5.82 Å². The fourth-order valence-electron chi connectivity index (χ4n) is 1.74. The number of nitrogens with two attached hydrogens (primary N) is 1. The highest BCUT2D eigenvalue weighted by molar-refractivity contribution is 9.11. The molecule has 106 valence electrons. The first kappa shape index (κ1) is 15.8. The summed E-state index contributed by atoms with van der Waals surface area (Å²) in [5.74, 6) is 2.01. The Hall–Kier alpha value is -0.590. The molecule has 0 bridgehead atoms. The Morgan fingerprint density at radius 2 is 2.05 bits per heavy atom. The Balaban J connectivity index is 2.13. The van der Waals surface area contributed by atoms with Crippen LogP contribution in [-0.2, 0) is 12.2 Å². The Morgan fingerprint density at radius 3 is 2.75 bits per heavy atom. The van der Waals surface area contributed by atoms with E-state index in [1.165, 1.54) is 4.90 Å². The van der Waals surface area contributed by atoms with Gasteiger partial charge in [-0.05, 0) is 40.5 Å². The third-order valence-electron chi connectivity index (χ3n) is 2.64. The summed E-state index contributed by atoms with van der Waals surface area (Å²) in [6.45, 7) is 2.13. The monoisotopic (exact) mass is 415 g/mol. The number of hydrogen-bond donors (Lipinski definition) is 1. The lowest BCUT2D eigenvalue weighted by molar-refractivity contribution is 0.848. The van der Waals surface area contributed by atoms with Gasteiger partial charge in [0, 0.05) is 9.37 Å². The number of nitrogen functional groups attached to an aromatic ring is 1. The summed E-state index contributed by atoms with van der Waals surface area (Å²) in [4.78, 5) is 10.1. The predicted octanol–water partition coefficient (Wildman–Crippen LogP) is 4.83. The molecule has 1 heterocycles. The second kappa shape index (κ2) is 7.43. The first-order valence-corrected chi connectivity index (χ1v) is 8.86. The van der Waals surface area contributed by atoms with E-state index in [1.807, 2.05) is 12.1 Å². The third-order valence-corrected chi connectivity index (χ3v) is 4.99. The molecule has 2 aromatic rings. The summed E-state index contributed by atoms with van der Waals surface area (Å²) < 4.78 is 1.90. The van der Waals surface area contributed by atoms with Gasteiger partial charge in [0.05, 0.1) is 15.9 Å². The normalized spacial score (nSPS) is 10.8. The summed E-state index contributed by atoms with van der Waals surface area (Å²) in [5, 5.41) is 0. The fraction of sp³-hybridized carbons (Fsp3) is 0.286. The van der Waals surface area contributed by atoms with E-state index in [1.54, 1.807) is 11.8 Å². The van der Waals surface area contributed by atoms with Gasteiger partial charge in [-0.25, -0.2) is 9.97 Å². The van der Waals surface area contributed by atoms with Crippen molar-refractivity contribution >= 4 is 49.4 Å². The molecule has 20 heavy (non-hydrogen) atoms. The molecule has 0 aliphatic heterocycles. The van der Waals surface area contributed by atoms with Crippen LogP contribution in [0.2, 0.25) is 0 Å². The Kier molecular flexibility index (Phi) is 5.86. The molecular weight excluding hydrogens is 402 g/mol. The molecular formula is C14H15Br2N3S. The summed E-state index contributed by atoms with van der Waals surface area (Å²) in [6, 6.07) is 8.19. The van der Waals surface area contributed by atoms with Crippen LogP contribution in [0.25, 0.3) is 0 Å². The van der Waals surface area contributed by atoms with Crippen LogP contribution < -0.4 is 5.73 Å². The SMILES string of the molecule is CCCc1nc(CSc2cccc(Br)c2)nc(N)c1Br. The molecule has 0 radical (unpaired) electrons. The number of rotatable bonds is 5. The van der Waals surface area contributed by atoms with E-state index in [9.17, 15) is 0 Å². The van der Waals surface area contributed by atoms with E-state index < -0.39 is 0 Å². The number of nitrogens with zero attached hydrogens (tertiary/aromatic N) is 2. The van der Waals surface area contributed by atoms with Gasteiger partial charge in [0.2, 0.25) is 0 Å². The molecule has 2 rings (SSSR count). The summed E-state index contributed by atoms with van der Waals surface area (Å²) >= 11 is 8.63. The topological polar surface area (TPSA) is 51.8 Å². The van der Waals surface area contributed by atoms with Gasteiger partial charge in [-0.1, -0.05) is 35.3 Å². The highest BCUT2D eigenvalue weighted by Crippen LogP contribution is 2.27. The second-order valence-corrected chi connectivity index (χ2v) is 7.04. The standard InChI is InChI=1S/C14H15Br2N3S/c1-2-4-11-13(16)14(17)19-12(18-11)8-20-10-6-3-5-9(15)7-10/h3,5-7H,2,4,8H2,1H3,(H2,17,18,19). The lowest BCUT2D eigenvalue weighted by Gasteiger charge is -2.08. The van der Waals surface area contributed by atoms with Crippen LogP contribution in [0, 0.1) is 0 Å². The van der Waals surface area contributed by atoms with Crippen LogP contribution in [0.5, 0.6) is 0 Å². The maximum Gasteiger partial charge on any atom is 0.141 e. The predicted molar refractivity (Wildman–Crippen MR) is 91.8 cm³/mol. The van der Waals surface area contributed by atoms with Crippen molar-refractivity contribution < 1.29 is 0 Å². The minimum Gasteiger partial charge on any atom is -0.383 e. The number of benzene rings is 1. The summed E-state index contributed by atoms with van der Waals surface area (Å²) in [5.41, 5.74) is 6.92. The van der Waals surface area contributed by atoms with Crippen molar-refractivity contribution in [2.24, 2.45) is 0 Å². The van der Waals surface area contributed by atoms with Crippen molar-refractivity contribution in [3.05, 3.63) is 44.7 Å². The maximum atomic E-state index is 5.93. The fourth-order valence-corrected chi connectivity index (χ4v) is 3.47. The van der Waals surface area contributed by atoms with Crippen molar-refractivity contribution in [3.8, 4) is 0 Å². The van der Waals surface area contributed by atoms with E-state index in [0.717, 1.165) is 33.3 Å². The van der Waals surface area contributed by atoms with E-state index in [4.69, 9.17) is 5.73 Å². The van der Waals surface area contributed by atoms with Gasteiger partial charge in [0.1, 0.15) is 11.6 Å². The zero-order valence-corrected chi connectivity index (χ0v) is 15.1. The van der Waals surface area contributed by atoms with Crippen LogP contribution in [-0.4, -0.2) is 9.97 Å². The van der Waals surface area contributed by atoms with Gasteiger partial charge in [0.25, 0.3) is 0 Å². The molecule has 0 spiro atoms. The van der Waals surface area contributed by atoms with E-state index in [-0.39, 0.29) is 0 Å². The number of aryl methyl sites for hydroxylation is 1. The molecule has 0 unspecified atom stereocenters. The van der Waals surface area contributed by atoms with Gasteiger partial charge in [-0.3, -0.25) is 0 Å². The van der Waals surface area contributed by atoms with Gasteiger partial charge >= 0.3 is 0 Å². The quantitative estimate of drug-likeness (QED) is 0.709. The van der Waals surface area contributed by atoms with Crippen molar-refractivity contribution in [3.63, 3.8) is 0 Å². The first-order valence-electron chi connectivity index (χ1n) is 6.29. The minimum atomic E-state index is 0.522. The number of aromatic nitrogens is 2. The Morgan fingerprint density at radius 1 is 1.25 bits per heavy atom. The molecule has 1 aromatic heterocycles. The molecule has 0 fully saturated rings. The highest BCUT2D eigenvalue weighted by Gasteiger charge is 2.09. The van der Waals surface area contributed by atoms with E-state index in [2.05, 4.69) is 60.9 Å². The molecule has 1 aromatic carbocycles. The highest BCUT2D eigenvalue weighted by atomic mass is 79.9. The first-order chi connectivity index (χ1) is 9.60. The lowest BCUT2D eigenvalue weighted by atomic mass is 10.2. The van der Waals surface area contributed by atoms with Crippen LogP contribution >= 0.6 is 43.6 Å². The van der Waals surface area contributed by atoms with Crippen LogP contribution in [0.15, 0.2) is 38.1 Å². The van der Waals surface area contributed by atoms with E-state index >= 15 is 0 Å². The molecule has 2 N–H and O–H groups in total. The Labute approximate surface area is 140 Å². The van der Waals surface area contributed by atoms with E-state index in [0.29, 0.717) is 11.6 Å². The van der Waals surface area contributed by atoms with Crippen molar-refractivity contribution in [1.29, 1.82) is 0 Å². The van der Waals surface area contributed by atoms with Crippen LogP contribution in [0.1, 0.15) is 24.9 Å². The van der Waals surface area contributed by atoms with Gasteiger partial charge < -0.3 is 5.73 Å². The number of halogens is 2. The van der Waals surface area contributed by atoms with Gasteiger partial charge in [-0.2, -0.15) is 0 Å². The molecule has 0 aliphatic carbocycles. The molecule has 0 saturated heterocycles. The molecule has 0 atom stereocenters. The third kappa shape index (κ3) is 4.20.